The number of esters is 1. The largest absolute Gasteiger partial charge is 0.463 e. The molecule has 0 saturated carbocycles. The average molecular weight is 496 g/mol. The van der Waals surface area contributed by atoms with Crippen LogP contribution in [0.4, 0.5) is 4.39 Å². The Hall–Kier alpha value is -2.86. The molecule has 0 fully saturated rings. The van der Waals surface area contributed by atoms with Crippen molar-refractivity contribution in [3.8, 4) is 0 Å². The number of thioether (sulfide) groups is 1. The lowest BCUT2D eigenvalue weighted by Gasteiger charge is -2.30. The summed E-state index contributed by atoms with van der Waals surface area (Å²) in [6.07, 6.45) is 6.94. The second kappa shape index (κ2) is 11.3. The summed E-state index contributed by atoms with van der Waals surface area (Å²) < 4.78 is 20.9. The maximum absolute atomic E-state index is 15.7. The fraction of sp³-hybridized carbons (Fsp3) is 0.379. The number of amides is 1. The first kappa shape index (κ1) is 26.7. The molecule has 4 nitrogen and oxygen atoms in total. The fourth-order valence-corrected chi connectivity index (χ4v) is 5.19. The normalized spacial score (nSPS) is 21.1. The Morgan fingerprint density at radius 3 is 2.34 bits per heavy atom. The van der Waals surface area contributed by atoms with E-state index in [0.29, 0.717) is 12.8 Å². The number of nitrogens with one attached hydrogen (secondary N) is 1. The van der Waals surface area contributed by atoms with Crippen molar-refractivity contribution in [1.29, 1.82) is 0 Å². The summed E-state index contributed by atoms with van der Waals surface area (Å²) >= 11 is 1.57. The molecule has 0 aromatic heterocycles. The van der Waals surface area contributed by atoms with Crippen molar-refractivity contribution in [2.45, 2.75) is 69.5 Å². The monoisotopic (exact) mass is 495 g/mol. The maximum atomic E-state index is 15.7. The van der Waals surface area contributed by atoms with Crippen LogP contribution in [0, 0.1) is 6.92 Å². The van der Waals surface area contributed by atoms with Gasteiger partial charge in [-0.3, -0.25) is 9.59 Å². The van der Waals surface area contributed by atoms with Crippen LogP contribution in [0.15, 0.2) is 76.6 Å². The van der Waals surface area contributed by atoms with E-state index in [-0.39, 0.29) is 24.4 Å². The van der Waals surface area contributed by atoms with E-state index >= 15 is 4.39 Å². The molecule has 0 saturated heterocycles. The summed E-state index contributed by atoms with van der Waals surface area (Å²) in [4.78, 5) is 24.9. The molecule has 1 aliphatic carbocycles. The highest BCUT2D eigenvalue weighted by molar-refractivity contribution is 8.03. The number of benzene rings is 2. The van der Waals surface area contributed by atoms with Gasteiger partial charge in [0.15, 0.2) is 0 Å². The molecule has 0 radical (unpaired) electrons. The zero-order valence-corrected chi connectivity index (χ0v) is 21.9. The van der Waals surface area contributed by atoms with Crippen LogP contribution >= 0.6 is 11.8 Å². The van der Waals surface area contributed by atoms with Crippen LogP contribution in [0.3, 0.4) is 0 Å². The summed E-state index contributed by atoms with van der Waals surface area (Å²) in [6.45, 7) is 8.45. The van der Waals surface area contributed by atoms with Crippen molar-refractivity contribution < 1.29 is 18.7 Å². The molecule has 1 N–H and O–H groups in total. The highest BCUT2D eigenvalue weighted by atomic mass is 32.2. The molecule has 0 spiro atoms. The van der Waals surface area contributed by atoms with E-state index in [1.165, 1.54) is 19.4 Å². The molecule has 3 rings (SSSR count). The van der Waals surface area contributed by atoms with Crippen LogP contribution in [0.2, 0.25) is 0 Å². The van der Waals surface area contributed by atoms with E-state index < -0.39 is 11.2 Å². The van der Waals surface area contributed by atoms with Crippen molar-refractivity contribution in [3.63, 3.8) is 0 Å². The Kier molecular flexibility index (Phi) is 8.60. The quantitative estimate of drug-likeness (QED) is 0.407. The molecule has 0 heterocycles. The molecule has 35 heavy (non-hydrogen) atoms. The Balaban J connectivity index is 1.65. The van der Waals surface area contributed by atoms with Gasteiger partial charge in [0.05, 0.1) is 5.54 Å². The molecule has 6 heteroatoms. The summed E-state index contributed by atoms with van der Waals surface area (Å²) in [7, 11) is 0. The Morgan fingerprint density at radius 1 is 1.11 bits per heavy atom. The molecule has 3 atom stereocenters. The molecule has 0 bridgehead atoms. The van der Waals surface area contributed by atoms with Gasteiger partial charge in [0.1, 0.15) is 12.3 Å². The minimum atomic E-state index is -1.50. The van der Waals surface area contributed by atoms with Gasteiger partial charge in [0, 0.05) is 29.6 Å². The van der Waals surface area contributed by atoms with Crippen LogP contribution in [0.1, 0.15) is 56.7 Å². The van der Waals surface area contributed by atoms with E-state index in [0.717, 1.165) is 20.9 Å². The number of allylic oxidation sites excluding steroid dienone is 3. The summed E-state index contributed by atoms with van der Waals surface area (Å²) in [5, 5.41) is 2.90. The molecule has 186 valence electrons. The first-order valence-electron chi connectivity index (χ1n) is 11.8. The predicted molar refractivity (Wildman–Crippen MR) is 140 cm³/mol. The first-order chi connectivity index (χ1) is 16.5. The average Bonchev–Trinajstić information content (AvgIpc) is 2.78. The van der Waals surface area contributed by atoms with Crippen molar-refractivity contribution in [2.24, 2.45) is 0 Å². The molecule has 2 aromatic carbocycles. The number of carbonyl (C=O) groups is 2. The van der Waals surface area contributed by atoms with Gasteiger partial charge in [-0.15, -0.1) is 0 Å². The third kappa shape index (κ3) is 7.82. The molecule has 3 unspecified atom stereocenters. The Morgan fingerprint density at radius 2 is 1.77 bits per heavy atom. The lowest BCUT2D eigenvalue weighted by atomic mass is 9.81. The van der Waals surface area contributed by atoms with Gasteiger partial charge in [-0.1, -0.05) is 65.9 Å². The number of halogens is 1. The predicted octanol–water partition coefficient (Wildman–Crippen LogP) is 6.44. The Labute approximate surface area is 212 Å². The van der Waals surface area contributed by atoms with Gasteiger partial charge < -0.3 is 10.1 Å². The van der Waals surface area contributed by atoms with Crippen molar-refractivity contribution in [3.05, 3.63) is 88.4 Å². The third-order valence-corrected chi connectivity index (χ3v) is 7.12. The van der Waals surface area contributed by atoms with E-state index in [2.05, 4.69) is 29.6 Å². The van der Waals surface area contributed by atoms with E-state index in [9.17, 15) is 9.59 Å². The van der Waals surface area contributed by atoms with Crippen LogP contribution in [0.5, 0.6) is 0 Å². The summed E-state index contributed by atoms with van der Waals surface area (Å²) in [6, 6.07) is 16.2. The molecule has 1 aliphatic rings. The number of hydrogen-bond acceptors (Lipinski definition) is 4. The summed E-state index contributed by atoms with van der Waals surface area (Å²) in [5.74, 6) is -0.919. The van der Waals surface area contributed by atoms with Gasteiger partial charge in [-0.05, 0) is 62.9 Å². The smallest absolute Gasteiger partial charge is 0.302 e. The van der Waals surface area contributed by atoms with Crippen molar-refractivity contribution in [2.75, 3.05) is 6.61 Å². The van der Waals surface area contributed by atoms with Crippen molar-refractivity contribution >= 4 is 23.6 Å². The minimum Gasteiger partial charge on any atom is -0.463 e. The molecule has 2 aromatic rings. The van der Waals surface area contributed by atoms with Gasteiger partial charge >= 0.3 is 5.97 Å². The zero-order chi connectivity index (χ0) is 25.6. The van der Waals surface area contributed by atoms with E-state index in [1.807, 2.05) is 50.3 Å². The zero-order valence-electron chi connectivity index (χ0n) is 21.1. The lowest BCUT2D eigenvalue weighted by molar-refractivity contribution is -0.144. The number of rotatable bonds is 9. The van der Waals surface area contributed by atoms with Gasteiger partial charge in [0.25, 0.3) is 0 Å². The van der Waals surface area contributed by atoms with Crippen LogP contribution in [-0.2, 0) is 20.7 Å². The van der Waals surface area contributed by atoms with Crippen LogP contribution < -0.4 is 5.32 Å². The van der Waals surface area contributed by atoms with E-state index in [1.54, 1.807) is 24.8 Å². The highest BCUT2D eigenvalue weighted by Gasteiger charge is 2.34. The number of ether oxygens (including phenoxy) is 1. The molecular weight excluding hydrogens is 461 g/mol. The minimum absolute atomic E-state index is 0.113. The second-order valence-corrected chi connectivity index (χ2v) is 10.9. The SMILES string of the molecule is CC(=O)NC(C)(CCc1ccc(C2C=CC(Sc3ccc(C)cc3)=CC2(C)F)cc1)COC(C)=O. The number of carbonyl (C=O) groups excluding carboxylic acids is 2. The first-order valence-corrected chi connectivity index (χ1v) is 12.6. The Bertz CT molecular complexity index is 1110. The van der Waals surface area contributed by atoms with Crippen LogP contribution in [0.25, 0.3) is 0 Å². The third-order valence-electron chi connectivity index (χ3n) is 6.12. The van der Waals surface area contributed by atoms with Gasteiger partial charge in [-0.2, -0.15) is 0 Å². The number of hydrogen-bond donors (Lipinski definition) is 1. The fourth-order valence-electron chi connectivity index (χ4n) is 4.21. The lowest BCUT2D eigenvalue weighted by Crippen LogP contribution is -2.49. The summed E-state index contributed by atoms with van der Waals surface area (Å²) in [5.41, 5.74) is 1.02. The standard InChI is InChI=1S/C29H34FNO3S/c1-20-6-12-25(13-7-20)35-26-14-15-27(29(5,30)18-26)24-10-8-23(9-11-24)16-17-28(4,31-21(2)32)19-34-22(3)33/h6-15,18,27H,16-17,19H2,1-5H3,(H,31,32). The maximum Gasteiger partial charge on any atom is 0.302 e. The topological polar surface area (TPSA) is 55.4 Å². The van der Waals surface area contributed by atoms with Gasteiger partial charge in [-0.25, -0.2) is 4.39 Å². The van der Waals surface area contributed by atoms with Gasteiger partial charge in [0.2, 0.25) is 5.91 Å². The van der Waals surface area contributed by atoms with Crippen LogP contribution in [-0.4, -0.2) is 29.7 Å². The highest BCUT2D eigenvalue weighted by Crippen LogP contribution is 2.42. The molecular formula is C29H34FNO3S. The molecule has 1 amide bonds. The van der Waals surface area contributed by atoms with Crippen molar-refractivity contribution in [1.82, 2.24) is 5.32 Å². The van der Waals surface area contributed by atoms with E-state index in [4.69, 9.17) is 4.74 Å². The second-order valence-electron chi connectivity index (χ2n) is 9.71. The molecule has 0 aliphatic heterocycles. The number of alkyl halides is 1. The number of aryl methyl sites for hydroxylation is 2.